The van der Waals surface area contributed by atoms with Crippen LogP contribution in [0.1, 0.15) is 36.5 Å². The van der Waals surface area contributed by atoms with Crippen molar-refractivity contribution in [2.75, 3.05) is 6.54 Å². The van der Waals surface area contributed by atoms with Crippen LogP contribution >= 0.6 is 11.6 Å². The van der Waals surface area contributed by atoms with Crippen molar-refractivity contribution in [3.63, 3.8) is 0 Å². The molecule has 4 nitrogen and oxygen atoms in total. The second-order valence-electron chi connectivity index (χ2n) is 8.34. The predicted octanol–water partition coefficient (Wildman–Crippen LogP) is 5.72. The van der Waals surface area contributed by atoms with E-state index in [0.29, 0.717) is 6.54 Å². The fraction of sp³-hybridized carbons (Fsp3) is 0.286. The zero-order valence-electron chi connectivity index (χ0n) is 19.6. The van der Waals surface area contributed by atoms with Crippen LogP contribution in [0.3, 0.4) is 0 Å². The van der Waals surface area contributed by atoms with Crippen LogP contribution in [-0.2, 0) is 29.0 Å². The van der Waals surface area contributed by atoms with Gasteiger partial charge < -0.3 is 10.2 Å². The molecule has 0 unspecified atom stereocenters. The smallest absolute Gasteiger partial charge is 0.243 e. The summed E-state index contributed by atoms with van der Waals surface area (Å²) in [6, 6.07) is 18.7. The van der Waals surface area contributed by atoms with Crippen molar-refractivity contribution in [1.82, 2.24) is 10.2 Å². The number of nitrogens with one attached hydrogen (secondary N) is 1. The molecule has 184 valence electrons. The maximum absolute atomic E-state index is 14.6. The Morgan fingerprint density at radius 2 is 1.63 bits per heavy atom. The summed E-state index contributed by atoms with van der Waals surface area (Å²) < 4.78 is 29.1. The van der Waals surface area contributed by atoms with Crippen LogP contribution in [0.25, 0.3) is 0 Å². The van der Waals surface area contributed by atoms with Gasteiger partial charge >= 0.3 is 0 Å². The molecule has 35 heavy (non-hydrogen) atoms. The number of halogens is 3. The highest BCUT2D eigenvalue weighted by molar-refractivity contribution is 6.31. The monoisotopic (exact) mass is 498 g/mol. The van der Waals surface area contributed by atoms with Gasteiger partial charge in [-0.2, -0.15) is 0 Å². The van der Waals surface area contributed by atoms with Crippen LogP contribution in [-0.4, -0.2) is 29.3 Å². The molecule has 0 aliphatic rings. The van der Waals surface area contributed by atoms with E-state index in [1.54, 1.807) is 18.2 Å². The minimum atomic E-state index is -0.924. The molecule has 3 aromatic rings. The molecule has 0 aliphatic heterocycles. The highest BCUT2D eigenvalue weighted by Gasteiger charge is 2.31. The molecule has 0 aromatic heterocycles. The van der Waals surface area contributed by atoms with Gasteiger partial charge in [-0.1, -0.05) is 79.5 Å². The van der Waals surface area contributed by atoms with E-state index in [2.05, 4.69) is 5.32 Å². The van der Waals surface area contributed by atoms with Crippen molar-refractivity contribution in [3.05, 3.63) is 106 Å². The van der Waals surface area contributed by atoms with Gasteiger partial charge in [-0.25, -0.2) is 8.78 Å². The molecule has 3 aromatic carbocycles. The third kappa shape index (κ3) is 7.36. The number of nitrogens with zero attached hydrogens (tertiary/aromatic N) is 1. The number of benzene rings is 3. The van der Waals surface area contributed by atoms with Gasteiger partial charge in [-0.15, -0.1) is 0 Å². The number of unbranched alkanes of at least 4 members (excludes halogenated alkanes) is 1. The lowest BCUT2D eigenvalue weighted by Gasteiger charge is -2.32. The van der Waals surface area contributed by atoms with Crippen LogP contribution in [0.5, 0.6) is 0 Å². The van der Waals surface area contributed by atoms with E-state index in [1.165, 1.54) is 29.2 Å². The Labute approximate surface area is 209 Å². The molecule has 1 N–H and O–H groups in total. The van der Waals surface area contributed by atoms with E-state index in [4.69, 9.17) is 11.6 Å². The average Bonchev–Trinajstić information content (AvgIpc) is 2.85. The lowest BCUT2D eigenvalue weighted by Crippen LogP contribution is -2.51. The van der Waals surface area contributed by atoms with Gasteiger partial charge in [0.05, 0.1) is 6.42 Å². The summed E-state index contributed by atoms with van der Waals surface area (Å²) in [5.41, 5.74) is 1.15. The molecule has 0 aliphatic carbocycles. The Morgan fingerprint density at radius 1 is 0.943 bits per heavy atom. The molecule has 0 radical (unpaired) electrons. The SMILES string of the molecule is CCCCNC(=O)[C@H](Cc1ccccc1)N(Cc1ccccc1F)C(=O)Cc1c(F)cccc1Cl. The molecule has 0 heterocycles. The fourth-order valence-corrected chi connectivity index (χ4v) is 4.05. The van der Waals surface area contributed by atoms with Crippen LogP contribution < -0.4 is 5.32 Å². The van der Waals surface area contributed by atoms with Crippen molar-refractivity contribution in [3.8, 4) is 0 Å². The molecule has 0 saturated carbocycles. The lowest BCUT2D eigenvalue weighted by molar-refractivity contribution is -0.140. The summed E-state index contributed by atoms with van der Waals surface area (Å²) >= 11 is 6.17. The summed E-state index contributed by atoms with van der Waals surface area (Å²) in [5, 5.41) is 3.02. The normalized spacial score (nSPS) is 11.7. The maximum Gasteiger partial charge on any atom is 0.243 e. The highest BCUT2D eigenvalue weighted by Crippen LogP contribution is 2.23. The molecular formula is C28H29ClF2N2O2. The number of rotatable bonds is 11. The Bertz CT molecular complexity index is 1120. The highest BCUT2D eigenvalue weighted by atomic mass is 35.5. The quantitative estimate of drug-likeness (QED) is 0.344. The molecule has 1 atom stereocenters. The maximum atomic E-state index is 14.6. The van der Waals surface area contributed by atoms with Gasteiger partial charge in [-0.05, 0) is 30.2 Å². The predicted molar refractivity (Wildman–Crippen MR) is 134 cm³/mol. The minimum absolute atomic E-state index is 0.0440. The summed E-state index contributed by atoms with van der Waals surface area (Å²) in [5.74, 6) is -1.96. The first-order valence-electron chi connectivity index (χ1n) is 11.7. The Kier molecular flexibility index (Phi) is 9.79. The number of hydrogen-bond acceptors (Lipinski definition) is 2. The summed E-state index contributed by atoms with van der Waals surface area (Å²) in [6.07, 6.45) is 1.56. The van der Waals surface area contributed by atoms with E-state index in [-0.39, 0.29) is 41.4 Å². The molecule has 0 fully saturated rings. The zero-order valence-corrected chi connectivity index (χ0v) is 20.4. The van der Waals surface area contributed by atoms with Gasteiger partial charge in [0.1, 0.15) is 17.7 Å². The fourth-order valence-electron chi connectivity index (χ4n) is 3.82. The van der Waals surface area contributed by atoms with Gasteiger partial charge in [0.2, 0.25) is 11.8 Å². The van der Waals surface area contributed by atoms with Gasteiger partial charge in [0.25, 0.3) is 0 Å². The van der Waals surface area contributed by atoms with Crippen molar-refractivity contribution in [2.24, 2.45) is 0 Å². The Morgan fingerprint density at radius 3 is 2.31 bits per heavy atom. The van der Waals surface area contributed by atoms with Gasteiger partial charge in [0.15, 0.2) is 0 Å². The van der Waals surface area contributed by atoms with E-state index in [1.807, 2.05) is 37.3 Å². The van der Waals surface area contributed by atoms with Crippen LogP contribution in [0, 0.1) is 11.6 Å². The molecule has 7 heteroatoms. The molecule has 3 rings (SSSR count). The van der Waals surface area contributed by atoms with Crippen LogP contribution in [0.4, 0.5) is 8.78 Å². The number of hydrogen-bond donors (Lipinski definition) is 1. The average molecular weight is 499 g/mol. The third-order valence-corrected chi connectivity index (χ3v) is 6.14. The number of amides is 2. The summed E-state index contributed by atoms with van der Waals surface area (Å²) in [6.45, 7) is 2.33. The Hall–Kier alpha value is -3.25. The van der Waals surface area contributed by atoms with E-state index >= 15 is 0 Å². The van der Waals surface area contributed by atoms with E-state index in [0.717, 1.165) is 18.4 Å². The lowest BCUT2D eigenvalue weighted by atomic mass is 10.0. The van der Waals surface area contributed by atoms with Crippen molar-refractivity contribution in [1.29, 1.82) is 0 Å². The van der Waals surface area contributed by atoms with Gasteiger partial charge in [0, 0.05) is 35.7 Å². The first-order valence-corrected chi connectivity index (χ1v) is 12.1. The summed E-state index contributed by atoms with van der Waals surface area (Å²) in [4.78, 5) is 28.3. The third-order valence-electron chi connectivity index (χ3n) is 5.79. The molecule has 0 saturated heterocycles. The number of carbonyl (C=O) groups excluding carboxylic acids is 2. The zero-order chi connectivity index (χ0) is 25.2. The van der Waals surface area contributed by atoms with Crippen molar-refractivity contribution >= 4 is 23.4 Å². The topological polar surface area (TPSA) is 49.4 Å². The largest absolute Gasteiger partial charge is 0.354 e. The van der Waals surface area contributed by atoms with E-state index in [9.17, 15) is 18.4 Å². The standard InChI is InChI=1S/C28H29ClF2N2O2/c1-2-3-16-32-28(35)26(17-20-10-5-4-6-11-20)33(19-21-12-7-8-14-24(21)30)27(34)18-22-23(29)13-9-15-25(22)31/h4-15,26H,2-3,16-19H2,1H3,(H,32,35)/t26-/m0/s1. The van der Waals surface area contributed by atoms with Crippen molar-refractivity contribution in [2.45, 2.75) is 45.2 Å². The Balaban J connectivity index is 1.99. The van der Waals surface area contributed by atoms with Gasteiger partial charge in [-0.3, -0.25) is 9.59 Å². The molecular weight excluding hydrogens is 470 g/mol. The molecule has 0 bridgehead atoms. The van der Waals surface area contributed by atoms with Crippen LogP contribution in [0.2, 0.25) is 5.02 Å². The second-order valence-corrected chi connectivity index (χ2v) is 8.75. The first kappa shape index (κ1) is 26.4. The first-order chi connectivity index (χ1) is 16.9. The molecule has 2 amide bonds. The second kappa shape index (κ2) is 13.0. The number of carbonyl (C=O) groups is 2. The minimum Gasteiger partial charge on any atom is -0.354 e. The van der Waals surface area contributed by atoms with Crippen molar-refractivity contribution < 1.29 is 18.4 Å². The van der Waals surface area contributed by atoms with Crippen LogP contribution in [0.15, 0.2) is 72.8 Å². The summed E-state index contributed by atoms with van der Waals surface area (Å²) in [7, 11) is 0. The molecule has 0 spiro atoms. The van der Waals surface area contributed by atoms with E-state index < -0.39 is 23.6 Å².